The maximum Gasteiger partial charge on any atom is -0.0134 e. The first kappa shape index (κ1) is 15.3. The van der Waals surface area contributed by atoms with Gasteiger partial charge in [-0.2, -0.15) is 0 Å². The van der Waals surface area contributed by atoms with Crippen LogP contribution in [0.25, 0.3) is 0 Å². The van der Waals surface area contributed by atoms with Crippen LogP contribution in [0.1, 0.15) is 65.4 Å². The van der Waals surface area contributed by atoms with Crippen LogP contribution in [0.15, 0.2) is 30.3 Å². The fourth-order valence-corrected chi connectivity index (χ4v) is 3.30. The van der Waals surface area contributed by atoms with Gasteiger partial charge in [0.1, 0.15) is 0 Å². The first-order valence-electron chi connectivity index (χ1n) is 7.70. The van der Waals surface area contributed by atoms with E-state index in [4.69, 9.17) is 0 Å². The highest BCUT2D eigenvalue weighted by atomic mass is 14.3. The van der Waals surface area contributed by atoms with Gasteiger partial charge in [0, 0.05) is 0 Å². The Balaban J connectivity index is 2.91. The monoisotopic (exact) mass is 246 g/mol. The maximum absolute atomic E-state index is 2.45. The van der Waals surface area contributed by atoms with Crippen molar-refractivity contribution in [1.82, 2.24) is 0 Å². The lowest BCUT2D eigenvalue weighted by molar-refractivity contribution is 0.210. The van der Waals surface area contributed by atoms with Gasteiger partial charge >= 0.3 is 0 Å². The molecule has 0 nitrogen and oxygen atoms in total. The fraction of sp³-hybridized carbons (Fsp3) is 0.667. The van der Waals surface area contributed by atoms with Crippen LogP contribution in [0.4, 0.5) is 0 Å². The topological polar surface area (TPSA) is 0 Å². The molecule has 0 radical (unpaired) electrons. The van der Waals surface area contributed by atoms with Crippen molar-refractivity contribution in [1.29, 1.82) is 0 Å². The summed E-state index contributed by atoms with van der Waals surface area (Å²) in [5, 5.41) is 0. The second-order valence-electron chi connectivity index (χ2n) is 5.74. The van der Waals surface area contributed by atoms with Crippen LogP contribution < -0.4 is 0 Å². The van der Waals surface area contributed by atoms with Gasteiger partial charge in [0.15, 0.2) is 0 Å². The van der Waals surface area contributed by atoms with Gasteiger partial charge in [-0.25, -0.2) is 0 Å². The molecule has 102 valence electrons. The van der Waals surface area contributed by atoms with Crippen LogP contribution in [-0.2, 0) is 0 Å². The average Bonchev–Trinajstić information content (AvgIpc) is 2.43. The van der Waals surface area contributed by atoms with Crippen molar-refractivity contribution in [2.75, 3.05) is 0 Å². The molecule has 0 aromatic heterocycles. The summed E-state index contributed by atoms with van der Waals surface area (Å²) in [6.07, 6.45) is 3.84. The Morgan fingerprint density at radius 1 is 0.833 bits per heavy atom. The van der Waals surface area contributed by atoms with Crippen molar-refractivity contribution in [2.24, 2.45) is 17.8 Å². The summed E-state index contributed by atoms with van der Waals surface area (Å²) < 4.78 is 0. The van der Waals surface area contributed by atoms with Crippen molar-refractivity contribution >= 4 is 0 Å². The lowest BCUT2D eigenvalue weighted by Gasteiger charge is -2.34. The number of benzene rings is 1. The molecular formula is C18H30. The summed E-state index contributed by atoms with van der Waals surface area (Å²) in [5.41, 5.74) is 1.53. The van der Waals surface area contributed by atoms with E-state index in [0.29, 0.717) is 0 Å². The highest BCUT2D eigenvalue weighted by Crippen LogP contribution is 2.38. The predicted octanol–water partition coefficient (Wildman–Crippen LogP) is 5.89. The summed E-state index contributed by atoms with van der Waals surface area (Å²) in [7, 11) is 0. The third kappa shape index (κ3) is 3.60. The molecule has 0 aliphatic carbocycles. The maximum atomic E-state index is 2.45. The minimum absolute atomic E-state index is 0.722. The van der Waals surface area contributed by atoms with Crippen LogP contribution >= 0.6 is 0 Å². The largest absolute Gasteiger partial charge is 0.0651 e. The quantitative estimate of drug-likeness (QED) is 0.563. The van der Waals surface area contributed by atoms with E-state index in [2.05, 4.69) is 65.0 Å². The van der Waals surface area contributed by atoms with Crippen LogP contribution in [0.3, 0.4) is 0 Å². The van der Waals surface area contributed by atoms with Gasteiger partial charge in [-0.1, -0.05) is 77.8 Å². The number of rotatable bonds is 7. The molecule has 1 aromatic carbocycles. The average molecular weight is 246 g/mol. The zero-order chi connectivity index (χ0) is 13.5. The molecule has 0 saturated heterocycles. The second kappa shape index (κ2) is 7.61. The van der Waals surface area contributed by atoms with Gasteiger partial charge in [0.25, 0.3) is 0 Å². The predicted molar refractivity (Wildman–Crippen MR) is 81.9 cm³/mol. The molecule has 0 saturated carbocycles. The molecule has 0 amide bonds. The van der Waals surface area contributed by atoms with Gasteiger partial charge in [-0.3, -0.25) is 0 Å². The lowest BCUT2D eigenvalue weighted by Crippen LogP contribution is -2.24. The summed E-state index contributed by atoms with van der Waals surface area (Å²) in [6, 6.07) is 11.1. The van der Waals surface area contributed by atoms with Crippen LogP contribution in [0.5, 0.6) is 0 Å². The molecule has 0 fully saturated rings. The van der Waals surface area contributed by atoms with Crippen molar-refractivity contribution in [3.05, 3.63) is 35.9 Å². The Morgan fingerprint density at radius 3 is 1.89 bits per heavy atom. The molecule has 4 atom stereocenters. The molecule has 4 unspecified atom stereocenters. The Bertz CT molecular complexity index is 314. The van der Waals surface area contributed by atoms with E-state index >= 15 is 0 Å². The van der Waals surface area contributed by atoms with Gasteiger partial charge in [-0.15, -0.1) is 0 Å². The highest BCUT2D eigenvalue weighted by Gasteiger charge is 2.27. The molecule has 0 aliphatic heterocycles. The number of hydrogen-bond donors (Lipinski definition) is 0. The normalized spacial score (nSPS) is 18.1. The van der Waals surface area contributed by atoms with Gasteiger partial charge in [0.05, 0.1) is 0 Å². The van der Waals surface area contributed by atoms with E-state index in [1.807, 2.05) is 0 Å². The minimum Gasteiger partial charge on any atom is -0.0651 e. The molecule has 0 N–H and O–H groups in total. The third-order valence-electron chi connectivity index (χ3n) is 4.87. The van der Waals surface area contributed by atoms with E-state index in [1.54, 1.807) is 0 Å². The summed E-state index contributed by atoms with van der Waals surface area (Å²) >= 11 is 0. The molecule has 0 aliphatic rings. The molecular weight excluding hydrogens is 216 g/mol. The molecule has 1 aromatic rings. The van der Waals surface area contributed by atoms with Crippen molar-refractivity contribution in [3.63, 3.8) is 0 Å². The van der Waals surface area contributed by atoms with E-state index in [-0.39, 0.29) is 0 Å². The lowest BCUT2D eigenvalue weighted by atomic mass is 9.71. The minimum atomic E-state index is 0.722. The van der Waals surface area contributed by atoms with Crippen LogP contribution in [0, 0.1) is 17.8 Å². The van der Waals surface area contributed by atoms with Gasteiger partial charge in [0.2, 0.25) is 0 Å². The zero-order valence-corrected chi connectivity index (χ0v) is 12.8. The van der Waals surface area contributed by atoms with E-state index in [9.17, 15) is 0 Å². The number of hydrogen-bond acceptors (Lipinski definition) is 0. The SMILES string of the molecule is CCC(C)C(C)C(CC)C(CC)c1ccccc1. The molecule has 1 rings (SSSR count). The van der Waals surface area contributed by atoms with Crippen LogP contribution in [-0.4, -0.2) is 0 Å². The van der Waals surface area contributed by atoms with Crippen molar-refractivity contribution in [3.8, 4) is 0 Å². The molecule has 0 bridgehead atoms. The summed E-state index contributed by atoms with van der Waals surface area (Å²) in [4.78, 5) is 0. The van der Waals surface area contributed by atoms with E-state index in [1.165, 1.54) is 24.8 Å². The van der Waals surface area contributed by atoms with Crippen LogP contribution in [0.2, 0.25) is 0 Å². The Kier molecular flexibility index (Phi) is 6.46. The first-order valence-corrected chi connectivity index (χ1v) is 7.70. The molecule has 0 spiro atoms. The second-order valence-corrected chi connectivity index (χ2v) is 5.74. The van der Waals surface area contributed by atoms with E-state index in [0.717, 1.165) is 23.7 Å². The molecule has 0 heterocycles. The first-order chi connectivity index (χ1) is 8.65. The van der Waals surface area contributed by atoms with Crippen molar-refractivity contribution in [2.45, 2.75) is 59.8 Å². The summed E-state index contributed by atoms with van der Waals surface area (Å²) in [5.74, 6) is 3.17. The van der Waals surface area contributed by atoms with E-state index < -0.39 is 0 Å². The van der Waals surface area contributed by atoms with Gasteiger partial charge in [-0.05, 0) is 35.7 Å². The van der Waals surface area contributed by atoms with Crippen molar-refractivity contribution < 1.29 is 0 Å². The highest BCUT2D eigenvalue weighted by molar-refractivity contribution is 5.20. The third-order valence-corrected chi connectivity index (χ3v) is 4.87. The fourth-order valence-electron chi connectivity index (χ4n) is 3.30. The Hall–Kier alpha value is -0.780. The standard InChI is InChI=1S/C18H30/c1-6-14(4)15(5)17(7-2)18(8-3)16-12-10-9-11-13-16/h9-15,17-18H,6-8H2,1-5H3. The Morgan fingerprint density at radius 2 is 1.44 bits per heavy atom. The summed E-state index contributed by atoms with van der Waals surface area (Å²) in [6.45, 7) is 11.9. The molecule has 18 heavy (non-hydrogen) atoms. The zero-order valence-electron chi connectivity index (χ0n) is 12.8. The smallest absolute Gasteiger partial charge is 0.0134 e. The molecule has 0 heteroatoms. The van der Waals surface area contributed by atoms with Gasteiger partial charge < -0.3 is 0 Å². The Labute approximate surface area is 114 Å².